The predicted octanol–water partition coefficient (Wildman–Crippen LogP) is 4.83. The molecule has 1 aromatic heterocycles. The Morgan fingerprint density at radius 3 is 2.52 bits per heavy atom. The number of aromatic nitrogens is 1. The quantitative estimate of drug-likeness (QED) is 0.628. The lowest BCUT2D eigenvalue weighted by Gasteiger charge is -2.19. The minimum absolute atomic E-state index is 0.112. The molecular weight excluding hydrogens is 310 g/mol. The molecule has 0 aliphatic rings. The van der Waals surface area contributed by atoms with Crippen LogP contribution in [0.25, 0.3) is 10.9 Å². The zero-order chi connectivity index (χ0) is 17.9. The van der Waals surface area contributed by atoms with E-state index >= 15 is 0 Å². The molecule has 0 fully saturated rings. The number of hydrogen-bond acceptors (Lipinski definition) is 1. The average molecular weight is 335 g/mol. The first-order chi connectivity index (χ1) is 11.9. The van der Waals surface area contributed by atoms with Crippen LogP contribution in [0.1, 0.15) is 31.9 Å². The summed E-state index contributed by atoms with van der Waals surface area (Å²) in [4.78, 5) is 15.2. The van der Waals surface area contributed by atoms with E-state index in [1.165, 1.54) is 16.5 Å². The number of H-pyrrole nitrogens is 1. The summed E-state index contributed by atoms with van der Waals surface area (Å²) in [7, 11) is 0. The first-order valence-corrected chi connectivity index (χ1v) is 8.63. The van der Waals surface area contributed by atoms with Gasteiger partial charge in [0.1, 0.15) is 0 Å². The Kier molecular flexibility index (Phi) is 4.79. The summed E-state index contributed by atoms with van der Waals surface area (Å²) in [6, 6.07) is 16.2. The minimum atomic E-state index is -0.176. The van der Waals surface area contributed by atoms with Gasteiger partial charge in [0.2, 0.25) is 0 Å². The van der Waals surface area contributed by atoms with Gasteiger partial charge in [-0.05, 0) is 52.6 Å². The van der Waals surface area contributed by atoms with Gasteiger partial charge in [-0.1, -0.05) is 45.0 Å². The van der Waals surface area contributed by atoms with E-state index in [1.54, 1.807) is 0 Å². The molecule has 0 bridgehead atoms. The van der Waals surface area contributed by atoms with Gasteiger partial charge in [0.05, 0.1) is 0 Å². The molecule has 1 heterocycles. The number of fused-ring (bicyclic) bond motifs is 1. The van der Waals surface area contributed by atoms with Gasteiger partial charge < -0.3 is 15.6 Å². The molecule has 0 aliphatic heterocycles. The zero-order valence-corrected chi connectivity index (χ0v) is 15.0. The van der Waals surface area contributed by atoms with Crippen molar-refractivity contribution in [3.8, 4) is 0 Å². The van der Waals surface area contributed by atoms with Crippen LogP contribution in [-0.4, -0.2) is 17.6 Å². The summed E-state index contributed by atoms with van der Waals surface area (Å²) < 4.78 is 0. The molecule has 25 heavy (non-hydrogen) atoms. The maximum Gasteiger partial charge on any atom is 0.319 e. The van der Waals surface area contributed by atoms with Crippen LogP contribution in [0.5, 0.6) is 0 Å². The van der Waals surface area contributed by atoms with Crippen molar-refractivity contribution in [3.05, 3.63) is 65.9 Å². The number of anilines is 1. The van der Waals surface area contributed by atoms with Gasteiger partial charge in [-0.15, -0.1) is 0 Å². The highest BCUT2D eigenvalue weighted by Crippen LogP contribution is 2.23. The minimum Gasteiger partial charge on any atom is -0.361 e. The Hall–Kier alpha value is -2.75. The Balaban J connectivity index is 1.49. The van der Waals surface area contributed by atoms with Crippen molar-refractivity contribution >= 4 is 22.6 Å². The Bertz CT molecular complexity index is 857. The molecule has 0 unspecified atom stereocenters. The number of hydrogen-bond donors (Lipinski definition) is 3. The first-order valence-electron chi connectivity index (χ1n) is 8.63. The fourth-order valence-electron chi connectivity index (χ4n) is 2.80. The Morgan fingerprint density at radius 2 is 1.80 bits per heavy atom. The van der Waals surface area contributed by atoms with E-state index in [0.717, 1.165) is 17.6 Å². The van der Waals surface area contributed by atoms with Crippen LogP contribution in [0.4, 0.5) is 10.5 Å². The van der Waals surface area contributed by atoms with E-state index < -0.39 is 0 Å². The molecule has 3 rings (SSSR count). The number of carbonyl (C=O) groups excluding carboxylic acids is 1. The normalized spacial score (nSPS) is 11.5. The number of carbonyl (C=O) groups is 1. The summed E-state index contributed by atoms with van der Waals surface area (Å²) in [6.07, 6.45) is 2.73. The number of nitrogens with one attached hydrogen (secondary N) is 3. The van der Waals surface area contributed by atoms with Gasteiger partial charge in [0, 0.05) is 23.9 Å². The van der Waals surface area contributed by atoms with Crippen LogP contribution in [-0.2, 0) is 11.8 Å². The molecule has 0 saturated carbocycles. The maximum atomic E-state index is 12.0. The smallest absolute Gasteiger partial charge is 0.319 e. The molecule has 3 N–H and O–H groups in total. The molecule has 4 heteroatoms. The average Bonchev–Trinajstić information content (AvgIpc) is 3.02. The van der Waals surface area contributed by atoms with E-state index in [4.69, 9.17) is 0 Å². The molecule has 2 amide bonds. The third-order valence-electron chi connectivity index (χ3n) is 4.33. The molecule has 0 radical (unpaired) electrons. The van der Waals surface area contributed by atoms with Crippen molar-refractivity contribution in [2.45, 2.75) is 32.6 Å². The summed E-state index contributed by atoms with van der Waals surface area (Å²) in [5, 5.41) is 6.98. The van der Waals surface area contributed by atoms with Crippen molar-refractivity contribution in [3.63, 3.8) is 0 Å². The van der Waals surface area contributed by atoms with Crippen LogP contribution in [0, 0.1) is 0 Å². The van der Waals surface area contributed by atoms with Crippen molar-refractivity contribution in [2.75, 3.05) is 11.9 Å². The Morgan fingerprint density at radius 1 is 1.04 bits per heavy atom. The lowest BCUT2D eigenvalue weighted by atomic mass is 9.87. The largest absolute Gasteiger partial charge is 0.361 e. The zero-order valence-electron chi connectivity index (χ0n) is 15.0. The molecule has 0 spiro atoms. The molecule has 0 aliphatic carbocycles. The van der Waals surface area contributed by atoms with Gasteiger partial charge in [-0.3, -0.25) is 0 Å². The van der Waals surface area contributed by atoms with E-state index in [9.17, 15) is 4.79 Å². The molecule has 3 aromatic rings. The summed E-state index contributed by atoms with van der Waals surface area (Å²) in [6.45, 7) is 7.12. The predicted molar refractivity (Wildman–Crippen MR) is 104 cm³/mol. The summed E-state index contributed by atoms with van der Waals surface area (Å²) in [5.41, 5.74) is 4.49. The third kappa shape index (κ3) is 4.41. The van der Waals surface area contributed by atoms with Crippen molar-refractivity contribution in [1.82, 2.24) is 10.3 Å². The molecule has 0 atom stereocenters. The second-order valence-electron chi connectivity index (χ2n) is 7.36. The summed E-state index contributed by atoms with van der Waals surface area (Å²) in [5.74, 6) is 0. The topological polar surface area (TPSA) is 56.9 Å². The van der Waals surface area contributed by atoms with Crippen molar-refractivity contribution in [2.24, 2.45) is 0 Å². The summed E-state index contributed by atoms with van der Waals surface area (Å²) >= 11 is 0. The second kappa shape index (κ2) is 7.01. The second-order valence-corrected chi connectivity index (χ2v) is 7.36. The number of urea groups is 1. The van der Waals surface area contributed by atoms with Gasteiger partial charge in [-0.2, -0.15) is 0 Å². The number of amides is 2. The van der Waals surface area contributed by atoms with Gasteiger partial charge in [0.15, 0.2) is 0 Å². The van der Waals surface area contributed by atoms with Crippen LogP contribution < -0.4 is 10.6 Å². The van der Waals surface area contributed by atoms with Crippen LogP contribution in [0.2, 0.25) is 0 Å². The highest BCUT2D eigenvalue weighted by Gasteiger charge is 2.13. The molecule has 130 valence electrons. The van der Waals surface area contributed by atoms with Gasteiger partial charge >= 0.3 is 6.03 Å². The molecular formula is C21H25N3O. The highest BCUT2D eigenvalue weighted by atomic mass is 16.2. The van der Waals surface area contributed by atoms with E-state index in [2.05, 4.69) is 72.8 Å². The Labute approximate surface area is 148 Å². The van der Waals surface area contributed by atoms with Crippen LogP contribution in [0.15, 0.2) is 54.7 Å². The number of rotatable bonds is 4. The lowest BCUT2D eigenvalue weighted by Crippen LogP contribution is -2.30. The number of benzene rings is 2. The maximum absolute atomic E-state index is 12.0. The van der Waals surface area contributed by atoms with Crippen LogP contribution in [0.3, 0.4) is 0 Å². The van der Waals surface area contributed by atoms with Crippen molar-refractivity contribution < 1.29 is 4.79 Å². The van der Waals surface area contributed by atoms with E-state index in [-0.39, 0.29) is 11.4 Å². The lowest BCUT2D eigenvalue weighted by molar-refractivity contribution is 0.252. The number of aromatic amines is 1. The van der Waals surface area contributed by atoms with Gasteiger partial charge in [0.25, 0.3) is 0 Å². The van der Waals surface area contributed by atoms with E-state index in [0.29, 0.717) is 6.54 Å². The first kappa shape index (κ1) is 17.1. The fraction of sp³-hybridized carbons (Fsp3) is 0.286. The SMILES string of the molecule is CC(C)(C)c1ccc(NC(=O)NCCc2ccc3cc[nH]c3c2)cc1. The highest BCUT2D eigenvalue weighted by molar-refractivity contribution is 5.89. The van der Waals surface area contributed by atoms with E-state index in [1.807, 2.05) is 18.3 Å². The third-order valence-corrected chi connectivity index (χ3v) is 4.33. The molecule has 0 saturated heterocycles. The monoisotopic (exact) mass is 335 g/mol. The van der Waals surface area contributed by atoms with Crippen molar-refractivity contribution in [1.29, 1.82) is 0 Å². The molecule has 2 aromatic carbocycles. The molecule has 4 nitrogen and oxygen atoms in total. The standard InChI is InChI=1S/C21H25N3O/c1-21(2,3)17-6-8-18(9-7-17)24-20(25)23-12-10-15-4-5-16-11-13-22-19(16)14-15/h4-9,11,13-14,22H,10,12H2,1-3H3,(H2,23,24,25). The van der Waals surface area contributed by atoms with Crippen LogP contribution >= 0.6 is 0 Å². The fourth-order valence-corrected chi connectivity index (χ4v) is 2.80. The van der Waals surface area contributed by atoms with Gasteiger partial charge in [-0.25, -0.2) is 4.79 Å².